The first kappa shape index (κ1) is 30.4. The van der Waals surface area contributed by atoms with Gasteiger partial charge in [0.1, 0.15) is 35.2 Å². The highest BCUT2D eigenvalue weighted by molar-refractivity contribution is 6.60. The van der Waals surface area contributed by atoms with Crippen molar-refractivity contribution in [3.8, 4) is 22.5 Å². The van der Waals surface area contributed by atoms with Gasteiger partial charge in [0.15, 0.2) is 17.3 Å². The smallest absolute Gasteiger partial charge is 0.249 e. The third-order valence-corrected chi connectivity index (χ3v) is 8.46. The molecule has 1 atom stereocenters. The van der Waals surface area contributed by atoms with Crippen molar-refractivity contribution >= 4 is 40.9 Å². The summed E-state index contributed by atoms with van der Waals surface area (Å²) in [5.41, 5.74) is 2.68. The summed E-state index contributed by atoms with van der Waals surface area (Å²) in [6.45, 7) is 9.39. The van der Waals surface area contributed by atoms with E-state index in [0.717, 1.165) is 38.2 Å². The van der Waals surface area contributed by atoms with Crippen LogP contribution in [0.15, 0.2) is 35.1 Å². The standard InChI is InChI=1S/C30H39B3FN7O3/c1-16(2)40-7-4-18(5-8-40)29-35-13-24(44-29)23-14-41-27(38-26(23)37-20-6-9-43-15-20)22(12-36-41)21-11-19(10-17(3)25(21)34)28(42)39-30(31,32)33/h10-14,16,18,20H,4-9,15,31-33H2,1-3H3,(H,37,38)(H,39,42)/t20-/m0/s1. The molecule has 0 saturated carbocycles. The lowest BCUT2D eigenvalue weighted by atomic mass is 9.49. The summed E-state index contributed by atoms with van der Waals surface area (Å²) in [6.07, 6.45) is 8.03. The highest BCUT2D eigenvalue weighted by Gasteiger charge is 2.28. The summed E-state index contributed by atoms with van der Waals surface area (Å²) in [6, 6.07) is 3.74. The first-order valence-corrected chi connectivity index (χ1v) is 15.5. The summed E-state index contributed by atoms with van der Waals surface area (Å²) in [7, 11) is 5.73. The predicted octanol–water partition coefficient (Wildman–Crippen LogP) is 1.53. The molecule has 2 fully saturated rings. The zero-order valence-electron chi connectivity index (χ0n) is 26.4. The monoisotopic (exact) mass is 597 g/mol. The second kappa shape index (κ2) is 12.0. The minimum Gasteiger partial charge on any atom is -0.440 e. The van der Waals surface area contributed by atoms with E-state index >= 15 is 4.39 Å². The van der Waals surface area contributed by atoms with Crippen molar-refractivity contribution in [2.24, 2.45) is 0 Å². The molecular weight excluding hydrogens is 558 g/mol. The minimum absolute atomic E-state index is 0.0706. The van der Waals surface area contributed by atoms with E-state index in [-0.39, 0.29) is 23.4 Å². The predicted molar refractivity (Wildman–Crippen MR) is 176 cm³/mol. The Labute approximate surface area is 259 Å². The Morgan fingerprint density at radius 2 is 1.89 bits per heavy atom. The van der Waals surface area contributed by atoms with Crippen molar-refractivity contribution in [1.82, 2.24) is 29.8 Å². The average Bonchev–Trinajstić information content (AvgIpc) is 3.75. The molecule has 228 valence electrons. The normalized spacial score (nSPS) is 18.3. The van der Waals surface area contributed by atoms with E-state index in [1.54, 1.807) is 36.0 Å². The molecule has 6 rings (SSSR count). The van der Waals surface area contributed by atoms with E-state index in [9.17, 15) is 4.79 Å². The van der Waals surface area contributed by atoms with E-state index < -0.39 is 11.1 Å². The zero-order valence-corrected chi connectivity index (χ0v) is 26.4. The third-order valence-electron chi connectivity index (χ3n) is 8.46. The zero-order chi connectivity index (χ0) is 31.2. The number of fused-ring (bicyclic) bond motifs is 1. The summed E-state index contributed by atoms with van der Waals surface area (Å²) in [5, 5.41) is 10.6. The van der Waals surface area contributed by atoms with E-state index in [0.29, 0.717) is 58.7 Å². The maximum atomic E-state index is 15.6. The van der Waals surface area contributed by atoms with Crippen molar-refractivity contribution in [3.05, 3.63) is 53.6 Å². The van der Waals surface area contributed by atoms with Crippen molar-refractivity contribution in [1.29, 1.82) is 0 Å². The molecule has 0 bridgehead atoms. The minimum atomic E-state index is -0.432. The number of oxazole rings is 1. The van der Waals surface area contributed by atoms with Crippen LogP contribution in [0, 0.1) is 12.7 Å². The van der Waals surface area contributed by atoms with Gasteiger partial charge in [-0.3, -0.25) is 4.79 Å². The van der Waals surface area contributed by atoms with Crippen LogP contribution in [0.1, 0.15) is 60.8 Å². The number of likely N-dealkylation sites (tertiary alicyclic amines) is 1. The first-order chi connectivity index (χ1) is 21.0. The van der Waals surface area contributed by atoms with E-state index in [2.05, 4.69) is 39.5 Å². The fourth-order valence-electron chi connectivity index (χ4n) is 6.01. The SMILES string of the molecule is BC(B)(B)NC(=O)c1cc(C)c(F)c(-c2cnn3cc(-c4cnc(C5CCN(C(C)C)CC5)o4)c(N[C@H]4CCOC4)nc23)c1. The van der Waals surface area contributed by atoms with Gasteiger partial charge in [0.2, 0.25) is 5.91 Å². The number of aryl methyl sites for hydroxylation is 1. The number of aromatic nitrogens is 4. The van der Waals surface area contributed by atoms with Gasteiger partial charge in [-0.25, -0.2) is 18.9 Å². The molecule has 1 amide bonds. The lowest BCUT2D eigenvalue weighted by molar-refractivity contribution is 0.0952. The molecule has 0 spiro atoms. The van der Waals surface area contributed by atoms with Gasteiger partial charge in [0, 0.05) is 41.5 Å². The number of rotatable bonds is 8. The van der Waals surface area contributed by atoms with Crippen LogP contribution in [0.5, 0.6) is 0 Å². The number of nitrogens with one attached hydrogen (secondary N) is 2. The molecule has 1 aromatic carbocycles. The summed E-state index contributed by atoms with van der Waals surface area (Å²) in [4.78, 5) is 25.2. The Kier molecular flexibility index (Phi) is 8.32. The van der Waals surface area contributed by atoms with E-state index in [4.69, 9.17) is 14.1 Å². The Morgan fingerprint density at radius 3 is 2.57 bits per heavy atom. The molecule has 0 aliphatic carbocycles. The number of carbonyl (C=O) groups excluding carboxylic acids is 1. The molecule has 0 radical (unpaired) electrons. The number of nitrogens with zero attached hydrogens (tertiary/aromatic N) is 5. The largest absolute Gasteiger partial charge is 0.440 e. The first-order valence-electron chi connectivity index (χ1n) is 15.5. The summed E-state index contributed by atoms with van der Waals surface area (Å²) in [5.74, 6) is 1.50. The maximum absolute atomic E-state index is 15.6. The number of benzene rings is 1. The number of piperidine rings is 1. The lowest BCUT2D eigenvalue weighted by Crippen LogP contribution is -2.50. The molecule has 0 unspecified atom stereocenters. The quantitative estimate of drug-likeness (QED) is 0.295. The van der Waals surface area contributed by atoms with Crippen LogP contribution in [0.3, 0.4) is 0 Å². The van der Waals surface area contributed by atoms with Gasteiger partial charge < -0.3 is 24.7 Å². The van der Waals surface area contributed by atoms with Gasteiger partial charge in [-0.2, -0.15) is 5.10 Å². The molecule has 5 heterocycles. The summed E-state index contributed by atoms with van der Waals surface area (Å²) >= 11 is 0. The van der Waals surface area contributed by atoms with Gasteiger partial charge in [-0.15, -0.1) is 0 Å². The van der Waals surface area contributed by atoms with Crippen LogP contribution in [0.4, 0.5) is 10.2 Å². The topological polar surface area (TPSA) is 110 Å². The summed E-state index contributed by atoms with van der Waals surface area (Å²) < 4.78 is 29.3. The van der Waals surface area contributed by atoms with Gasteiger partial charge >= 0.3 is 0 Å². The Hall–Kier alpha value is -3.64. The van der Waals surface area contributed by atoms with Crippen LogP contribution in [0.2, 0.25) is 0 Å². The van der Waals surface area contributed by atoms with Gasteiger partial charge in [-0.1, -0.05) is 0 Å². The van der Waals surface area contributed by atoms with Crippen LogP contribution in [-0.4, -0.2) is 97.6 Å². The number of halogens is 1. The number of hydrogen-bond acceptors (Lipinski definition) is 8. The molecule has 2 saturated heterocycles. The molecule has 4 aromatic rings. The number of ether oxygens (including phenoxy) is 1. The third kappa shape index (κ3) is 6.28. The molecule has 14 heteroatoms. The van der Waals surface area contributed by atoms with Crippen LogP contribution in [-0.2, 0) is 4.74 Å². The average molecular weight is 597 g/mol. The second-order valence-electron chi connectivity index (χ2n) is 13.4. The highest BCUT2D eigenvalue weighted by atomic mass is 19.1. The van der Waals surface area contributed by atoms with Gasteiger partial charge in [-0.05, 0) is 76.1 Å². The second-order valence-corrected chi connectivity index (χ2v) is 13.4. The van der Waals surface area contributed by atoms with E-state index in [1.165, 1.54) is 0 Å². The van der Waals surface area contributed by atoms with E-state index in [1.807, 2.05) is 29.7 Å². The fourth-order valence-corrected chi connectivity index (χ4v) is 6.01. The molecule has 44 heavy (non-hydrogen) atoms. The van der Waals surface area contributed by atoms with Crippen LogP contribution < -0.4 is 10.6 Å². The number of anilines is 1. The Balaban J connectivity index is 1.38. The van der Waals surface area contributed by atoms with Gasteiger partial charge in [0.05, 0.1) is 30.6 Å². The van der Waals surface area contributed by atoms with Crippen molar-refractivity contribution in [2.75, 3.05) is 31.6 Å². The Morgan fingerprint density at radius 1 is 1.11 bits per heavy atom. The highest BCUT2D eigenvalue weighted by Crippen LogP contribution is 2.36. The molecule has 2 N–H and O–H groups in total. The maximum Gasteiger partial charge on any atom is 0.249 e. The Bertz CT molecular complexity index is 1670. The van der Waals surface area contributed by atoms with Gasteiger partial charge in [0.25, 0.3) is 0 Å². The molecule has 2 aliphatic rings. The molecule has 2 aliphatic heterocycles. The van der Waals surface area contributed by atoms with Crippen LogP contribution >= 0.6 is 0 Å². The number of carbonyl (C=O) groups is 1. The number of hydrogen-bond donors (Lipinski definition) is 2. The molecule has 3 aromatic heterocycles. The van der Waals surface area contributed by atoms with Crippen molar-refractivity contribution < 1.29 is 18.3 Å². The van der Waals surface area contributed by atoms with Crippen LogP contribution in [0.25, 0.3) is 28.1 Å². The number of amides is 1. The molecular formula is C30H39B3FN7O3. The van der Waals surface area contributed by atoms with Crippen molar-refractivity contribution in [3.63, 3.8) is 0 Å². The van der Waals surface area contributed by atoms with Crippen molar-refractivity contribution in [2.45, 2.75) is 63.3 Å². The fraction of sp³-hybridized carbons (Fsp3) is 0.467. The lowest BCUT2D eigenvalue weighted by Gasteiger charge is -2.33. The molecule has 10 nitrogen and oxygen atoms in total.